The van der Waals surface area contributed by atoms with Gasteiger partial charge in [0.05, 0.1) is 25.1 Å². The number of nitrogens with zero attached hydrogens (tertiary/aromatic N) is 2. The molecule has 1 heterocycles. The van der Waals surface area contributed by atoms with Crippen molar-refractivity contribution in [3.63, 3.8) is 0 Å². The van der Waals surface area contributed by atoms with Gasteiger partial charge in [-0.1, -0.05) is 0 Å². The van der Waals surface area contributed by atoms with Crippen LogP contribution < -0.4 is 0 Å². The second kappa shape index (κ2) is 5.39. The fourth-order valence-electron chi connectivity index (χ4n) is 1.31. The third-order valence-corrected chi connectivity index (χ3v) is 4.11. The van der Waals surface area contributed by atoms with Crippen molar-refractivity contribution >= 4 is 10.0 Å². The molecule has 0 saturated carbocycles. The summed E-state index contributed by atoms with van der Waals surface area (Å²) < 4.78 is 25.1. The molecule has 7 nitrogen and oxygen atoms in total. The quantitative estimate of drug-likeness (QED) is 0.580. The molecule has 0 radical (unpaired) electrons. The summed E-state index contributed by atoms with van der Waals surface area (Å²) in [6.07, 6.45) is 1.21. The lowest BCUT2D eigenvalue weighted by molar-refractivity contribution is 0.217. The van der Waals surface area contributed by atoms with Gasteiger partial charge in [0.25, 0.3) is 0 Å². The van der Waals surface area contributed by atoms with Crippen LogP contribution in [0.1, 0.15) is 5.69 Å². The van der Waals surface area contributed by atoms with E-state index in [9.17, 15) is 8.42 Å². The molecule has 3 N–H and O–H groups in total. The van der Waals surface area contributed by atoms with Gasteiger partial charge < -0.3 is 10.2 Å². The molecular weight excluding hydrogens is 234 g/mol. The summed E-state index contributed by atoms with van der Waals surface area (Å²) in [5, 5.41) is 23.7. The van der Waals surface area contributed by atoms with Crippen molar-refractivity contribution < 1.29 is 18.6 Å². The molecule has 0 atom stereocenters. The number of sulfonamides is 1. The Kier molecular flexibility index (Phi) is 4.42. The minimum Gasteiger partial charge on any atom is -0.395 e. The largest absolute Gasteiger partial charge is 0.395 e. The monoisotopic (exact) mass is 249 g/mol. The predicted molar refractivity (Wildman–Crippen MR) is 56.3 cm³/mol. The molecule has 0 bridgehead atoms. The Balaban J connectivity index is 3.03. The number of aliphatic hydroxyl groups is 2. The molecule has 1 rings (SSSR count). The van der Waals surface area contributed by atoms with Crippen LogP contribution in [0.15, 0.2) is 11.1 Å². The van der Waals surface area contributed by atoms with Crippen LogP contribution in [-0.2, 0) is 10.0 Å². The molecule has 0 aliphatic heterocycles. The Labute approximate surface area is 93.8 Å². The van der Waals surface area contributed by atoms with Gasteiger partial charge in [-0.3, -0.25) is 5.10 Å². The summed E-state index contributed by atoms with van der Waals surface area (Å²) in [5.74, 6) is 0. The topological polar surface area (TPSA) is 107 Å². The van der Waals surface area contributed by atoms with E-state index in [2.05, 4.69) is 10.2 Å². The van der Waals surface area contributed by atoms with E-state index in [1.807, 2.05) is 0 Å². The normalized spacial score (nSPS) is 12.2. The molecule has 16 heavy (non-hydrogen) atoms. The number of aromatic amines is 1. The molecule has 0 saturated heterocycles. The number of hydrogen-bond acceptors (Lipinski definition) is 5. The fraction of sp³-hybridized carbons (Fsp3) is 0.625. The number of hydrogen-bond donors (Lipinski definition) is 3. The average molecular weight is 249 g/mol. The Morgan fingerprint density at radius 3 is 2.31 bits per heavy atom. The molecule has 8 heteroatoms. The van der Waals surface area contributed by atoms with E-state index >= 15 is 0 Å². The molecule has 0 fully saturated rings. The Morgan fingerprint density at radius 1 is 1.38 bits per heavy atom. The maximum atomic E-state index is 12.0. The highest BCUT2D eigenvalue weighted by Gasteiger charge is 2.26. The first-order valence-electron chi connectivity index (χ1n) is 4.76. The lowest BCUT2D eigenvalue weighted by atomic mass is 10.5. The van der Waals surface area contributed by atoms with Gasteiger partial charge in [-0.2, -0.15) is 9.40 Å². The minimum absolute atomic E-state index is 0.0481. The van der Waals surface area contributed by atoms with Gasteiger partial charge in [-0.25, -0.2) is 8.42 Å². The lowest BCUT2D eigenvalue weighted by Crippen LogP contribution is -2.36. The van der Waals surface area contributed by atoms with E-state index in [-0.39, 0.29) is 31.2 Å². The van der Waals surface area contributed by atoms with Crippen LogP contribution in [-0.4, -0.2) is 59.4 Å². The molecule has 0 unspecified atom stereocenters. The maximum Gasteiger partial charge on any atom is 0.246 e. The zero-order chi connectivity index (χ0) is 12.2. The van der Waals surface area contributed by atoms with Crippen molar-refractivity contribution in [2.24, 2.45) is 0 Å². The first-order valence-corrected chi connectivity index (χ1v) is 6.20. The SMILES string of the molecule is Cc1[nH]ncc1S(=O)(=O)N(CCO)CCO. The van der Waals surface area contributed by atoms with Crippen LogP contribution in [0.4, 0.5) is 0 Å². The van der Waals surface area contributed by atoms with E-state index in [4.69, 9.17) is 10.2 Å². The summed E-state index contributed by atoms with van der Waals surface area (Å²) in [5.41, 5.74) is 0.431. The van der Waals surface area contributed by atoms with Crippen molar-refractivity contribution in [1.29, 1.82) is 0 Å². The fourth-order valence-corrected chi connectivity index (χ4v) is 2.85. The van der Waals surface area contributed by atoms with Crippen LogP contribution in [0, 0.1) is 6.92 Å². The van der Waals surface area contributed by atoms with E-state index in [0.717, 1.165) is 4.31 Å². The average Bonchev–Trinajstić information content (AvgIpc) is 2.65. The number of aryl methyl sites for hydroxylation is 1. The van der Waals surface area contributed by atoms with E-state index in [1.165, 1.54) is 6.20 Å². The lowest BCUT2D eigenvalue weighted by Gasteiger charge is -2.19. The van der Waals surface area contributed by atoms with Gasteiger partial charge in [-0.05, 0) is 6.92 Å². The van der Waals surface area contributed by atoms with Crippen molar-refractivity contribution in [3.8, 4) is 0 Å². The number of H-pyrrole nitrogens is 1. The number of aliphatic hydroxyl groups excluding tert-OH is 2. The number of nitrogens with one attached hydrogen (secondary N) is 1. The zero-order valence-corrected chi connectivity index (χ0v) is 9.74. The molecule has 0 spiro atoms. The van der Waals surface area contributed by atoms with Gasteiger partial charge in [0.1, 0.15) is 4.90 Å². The van der Waals surface area contributed by atoms with Crippen molar-refractivity contribution in [2.45, 2.75) is 11.8 Å². The standard InChI is InChI=1S/C8H15N3O4S/c1-7-8(6-9-10-7)16(14,15)11(2-4-12)3-5-13/h6,12-13H,2-5H2,1H3,(H,9,10). The molecule has 1 aromatic heterocycles. The highest BCUT2D eigenvalue weighted by Crippen LogP contribution is 2.16. The summed E-state index contributed by atoms with van der Waals surface area (Å²) in [7, 11) is -3.69. The van der Waals surface area contributed by atoms with Crippen LogP contribution in [0.2, 0.25) is 0 Å². The maximum absolute atomic E-state index is 12.0. The molecular formula is C8H15N3O4S. The molecule has 0 aliphatic rings. The molecule has 0 aliphatic carbocycles. The van der Waals surface area contributed by atoms with Gasteiger partial charge in [0, 0.05) is 13.1 Å². The highest BCUT2D eigenvalue weighted by atomic mass is 32.2. The Bertz CT molecular complexity index is 422. The van der Waals surface area contributed by atoms with Crippen molar-refractivity contribution in [3.05, 3.63) is 11.9 Å². The number of rotatable bonds is 6. The summed E-state index contributed by atoms with van der Waals surface area (Å²) in [4.78, 5) is 0.0643. The molecule has 0 amide bonds. The van der Waals surface area contributed by atoms with Crippen molar-refractivity contribution in [2.75, 3.05) is 26.3 Å². The van der Waals surface area contributed by atoms with Gasteiger partial charge in [0.15, 0.2) is 0 Å². The van der Waals surface area contributed by atoms with E-state index in [1.54, 1.807) is 6.92 Å². The third kappa shape index (κ3) is 2.59. The second-order valence-corrected chi connectivity index (χ2v) is 5.12. The Morgan fingerprint density at radius 2 is 1.94 bits per heavy atom. The van der Waals surface area contributed by atoms with Gasteiger partial charge in [-0.15, -0.1) is 0 Å². The van der Waals surface area contributed by atoms with E-state index in [0.29, 0.717) is 5.69 Å². The predicted octanol–water partition coefficient (Wildman–Crippen LogP) is -1.31. The summed E-state index contributed by atoms with van der Waals surface area (Å²) in [6, 6.07) is 0. The molecule has 0 aromatic carbocycles. The smallest absolute Gasteiger partial charge is 0.246 e. The van der Waals surface area contributed by atoms with Gasteiger partial charge >= 0.3 is 0 Å². The summed E-state index contributed by atoms with van der Waals surface area (Å²) >= 11 is 0. The highest BCUT2D eigenvalue weighted by molar-refractivity contribution is 7.89. The second-order valence-electron chi connectivity index (χ2n) is 3.21. The van der Waals surface area contributed by atoms with Crippen LogP contribution in [0.25, 0.3) is 0 Å². The van der Waals surface area contributed by atoms with Crippen LogP contribution in [0.5, 0.6) is 0 Å². The summed E-state index contributed by atoms with van der Waals surface area (Å²) in [6.45, 7) is 0.906. The zero-order valence-electron chi connectivity index (χ0n) is 8.92. The Hall–Kier alpha value is -0.960. The number of aromatic nitrogens is 2. The molecule has 1 aromatic rings. The third-order valence-electron chi connectivity index (χ3n) is 2.10. The first-order chi connectivity index (χ1) is 7.54. The minimum atomic E-state index is -3.69. The van der Waals surface area contributed by atoms with E-state index < -0.39 is 10.0 Å². The van der Waals surface area contributed by atoms with Crippen molar-refractivity contribution in [1.82, 2.24) is 14.5 Å². The molecule has 92 valence electrons. The van der Waals surface area contributed by atoms with Crippen LogP contribution >= 0.6 is 0 Å². The van der Waals surface area contributed by atoms with Crippen LogP contribution in [0.3, 0.4) is 0 Å². The first kappa shape index (κ1) is 13.1. The van der Waals surface area contributed by atoms with Gasteiger partial charge in [0.2, 0.25) is 10.0 Å².